The Hall–Kier alpha value is -1.86. The minimum atomic E-state index is -0.398. The monoisotopic (exact) mass is 339 g/mol. The summed E-state index contributed by atoms with van der Waals surface area (Å²) in [5.74, 6) is -0.398. The molecule has 4 rings (SSSR count). The van der Waals surface area contributed by atoms with Crippen molar-refractivity contribution in [1.29, 1.82) is 0 Å². The van der Waals surface area contributed by atoms with Gasteiger partial charge < -0.3 is 0 Å². The summed E-state index contributed by atoms with van der Waals surface area (Å²) in [7, 11) is 0. The van der Waals surface area contributed by atoms with Crippen LogP contribution in [0.4, 0.5) is 0 Å². The summed E-state index contributed by atoms with van der Waals surface area (Å²) in [6, 6.07) is 14.5. The molecule has 0 saturated carbocycles. The van der Waals surface area contributed by atoms with E-state index < -0.39 is 5.92 Å². The molecule has 3 aromatic carbocycles. The van der Waals surface area contributed by atoms with E-state index in [1.807, 2.05) is 48.5 Å². The predicted octanol–water partition coefficient (Wildman–Crippen LogP) is 5.66. The molecule has 0 heterocycles. The van der Waals surface area contributed by atoms with Crippen molar-refractivity contribution in [2.45, 2.75) is 10.7 Å². The number of alkyl halides is 1. The maximum Gasteiger partial charge on any atom is 0.0650 e. The van der Waals surface area contributed by atoms with Gasteiger partial charge in [0, 0.05) is 5.92 Å². The zero-order valence-corrected chi connectivity index (χ0v) is 12.7. The van der Waals surface area contributed by atoms with Crippen LogP contribution in [0.3, 0.4) is 0 Å². The molecule has 0 aliphatic heterocycles. The van der Waals surface area contributed by atoms with E-state index in [4.69, 9.17) is 6.85 Å². The lowest BCUT2D eigenvalue weighted by atomic mass is 9.75. The third-order valence-corrected chi connectivity index (χ3v) is 4.95. The molecule has 0 fully saturated rings. The molecule has 0 radical (unpaired) electrons. The van der Waals surface area contributed by atoms with Crippen LogP contribution in [0.5, 0.6) is 0 Å². The zero-order valence-electron chi connectivity index (χ0n) is 16.2. The van der Waals surface area contributed by atoms with E-state index in [0.717, 1.165) is 22.3 Å². The fraction of sp³-hybridized carbons (Fsp3) is 0.100. The lowest BCUT2D eigenvalue weighted by Gasteiger charge is -2.32. The van der Waals surface area contributed by atoms with Gasteiger partial charge >= 0.3 is 0 Å². The summed E-state index contributed by atoms with van der Waals surface area (Å²) in [5.41, 5.74) is 4.37. The fourth-order valence-corrected chi connectivity index (χ4v) is 3.89. The average Bonchev–Trinajstić information content (AvgIpc) is 2.67. The third-order valence-electron chi connectivity index (χ3n) is 3.97. The summed E-state index contributed by atoms with van der Waals surface area (Å²) in [6.07, 6.45) is 0. The van der Waals surface area contributed by atoms with Crippen LogP contribution in [0.25, 0.3) is 0 Å². The molecule has 21 heavy (non-hydrogen) atoms. The van der Waals surface area contributed by atoms with Crippen molar-refractivity contribution in [3.63, 3.8) is 0 Å². The van der Waals surface area contributed by atoms with Gasteiger partial charge in [0.1, 0.15) is 0 Å². The molecule has 0 nitrogen and oxygen atoms in total. The molecule has 0 aromatic heterocycles. The lowest BCUT2D eigenvalue weighted by molar-refractivity contribution is 0.882. The number of halogens is 1. The van der Waals surface area contributed by atoms with Gasteiger partial charge in [-0.05, 0) is 27.8 Å². The Kier molecular flexibility index (Phi) is 2.10. The van der Waals surface area contributed by atoms with E-state index in [1.54, 1.807) is 0 Å². The largest absolute Gasteiger partial charge is 0.0786 e. The Morgan fingerprint density at radius 1 is 0.714 bits per heavy atom. The molecular formula is C20H15Br. The molecule has 3 aromatic rings. The normalized spacial score (nSPS) is 23.0. The van der Waals surface area contributed by atoms with Crippen LogP contribution in [-0.2, 0) is 0 Å². The van der Waals surface area contributed by atoms with Gasteiger partial charge in [-0.1, -0.05) is 94.7 Å². The molecule has 0 N–H and O–H groups in total. The molecule has 0 bridgehead atoms. The number of fused-ring (bicyclic) bond motifs is 2. The first kappa shape index (κ1) is 8.55. The van der Waals surface area contributed by atoms with Gasteiger partial charge in [-0.3, -0.25) is 0 Å². The standard InChI is InChI=1S/C20H15Br/c21-20-17-12-6-4-10-15(17)19(14-8-2-1-3-9-14)16-11-5-7-13-18(16)20/h1-13,19-20H/i1D,2D,3D,8D,9D. The van der Waals surface area contributed by atoms with E-state index in [1.165, 1.54) is 0 Å². The van der Waals surface area contributed by atoms with E-state index in [0.29, 0.717) is 5.56 Å². The second-order valence-electron chi connectivity index (χ2n) is 5.09. The van der Waals surface area contributed by atoms with Crippen LogP contribution < -0.4 is 0 Å². The summed E-state index contributed by atoms with van der Waals surface area (Å²) in [5, 5.41) is 0. The molecular weight excluding hydrogens is 320 g/mol. The summed E-state index contributed by atoms with van der Waals surface area (Å²) in [6.45, 7) is 0. The van der Waals surface area contributed by atoms with Gasteiger partial charge in [-0.25, -0.2) is 0 Å². The highest BCUT2D eigenvalue weighted by atomic mass is 79.9. The van der Waals surface area contributed by atoms with Crippen molar-refractivity contribution in [1.82, 2.24) is 0 Å². The smallest absolute Gasteiger partial charge is 0.0650 e. The van der Waals surface area contributed by atoms with Gasteiger partial charge in [0.15, 0.2) is 0 Å². The first-order valence-electron chi connectivity index (χ1n) is 9.32. The van der Waals surface area contributed by atoms with Crippen molar-refractivity contribution < 1.29 is 6.85 Å². The van der Waals surface area contributed by atoms with Crippen molar-refractivity contribution in [2.75, 3.05) is 0 Å². The van der Waals surface area contributed by atoms with Gasteiger partial charge in [0.25, 0.3) is 0 Å². The van der Waals surface area contributed by atoms with Gasteiger partial charge in [-0.15, -0.1) is 0 Å². The van der Waals surface area contributed by atoms with Crippen molar-refractivity contribution >= 4 is 15.9 Å². The maximum atomic E-state index is 8.42. The SMILES string of the molecule is [2H]c1c([2H])c([2H])c(C2c3ccccc3C(Br)c3ccccc32)c([2H])c1[2H]. The maximum absolute atomic E-state index is 8.42. The summed E-state index contributed by atoms with van der Waals surface area (Å²) >= 11 is 3.77. The minimum absolute atomic E-state index is 0.0101. The molecule has 0 amide bonds. The van der Waals surface area contributed by atoms with Crippen molar-refractivity contribution in [2.24, 2.45) is 0 Å². The number of rotatable bonds is 1. The fourth-order valence-electron chi connectivity index (χ4n) is 3.06. The Morgan fingerprint density at radius 3 is 1.71 bits per heavy atom. The summed E-state index contributed by atoms with van der Waals surface area (Å²) < 4.78 is 40.8. The Morgan fingerprint density at radius 2 is 1.19 bits per heavy atom. The highest BCUT2D eigenvalue weighted by molar-refractivity contribution is 9.09. The topological polar surface area (TPSA) is 0 Å². The Bertz CT molecular complexity index is 954. The van der Waals surface area contributed by atoms with Gasteiger partial charge in [0.05, 0.1) is 11.7 Å². The number of hydrogen-bond acceptors (Lipinski definition) is 0. The van der Waals surface area contributed by atoms with Crippen molar-refractivity contribution in [3.8, 4) is 0 Å². The third kappa shape index (κ3) is 2.04. The van der Waals surface area contributed by atoms with E-state index >= 15 is 0 Å². The Balaban J connectivity index is 2.10. The van der Waals surface area contributed by atoms with Gasteiger partial charge in [0.2, 0.25) is 0 Å². The molecule has 0 spiro atoms. The second kappa shape index (κ2) is 5.16. The van der Waals surface area contributed by atoms with E-state index in [2.05, 4.69) is 15.9 Å². The van der Waals surface area contributed by atoms with Crippen LogP contribution in [0.15, 0.2) is 78.7 Å². The van der Waals surface area contributed by atoms with Gasteiger partial charge in [-0.2, -0.15) is 0 Å². The first-order chi connectivity index (χ1) is 12.4. The highest BCUT2D eigenvalue weighted by Gasteiger charge is 2.30. The minimum Gasteiger partial charge on any atom is -0.0786 e. The van der Waals surface area contributed by atoms with E-state index in [9.17, 15) is 0 Å². The molecule has 102 valence electrons. The first-order valence-corrected chi connectivity index (χ1v) is 7.73. The van der Waals surface area contributed by atoms with Crippen LogP contribution in [0.1, 0.15) is 45.4 Å². The van der Waals surface area contributed by atoms with Crippen LogP contribution in [-0.4, -0.2) is 0 Å². The van der Waals surface area contributed by atoms with Crippen LogP contribution in [0.2, 0.25) is 0 Å². The molecule has 0 atom stereocenters. The lowest BCUT2D eigenvalue weighted by Crippen LogP contribution is -2.16. The van der Waals surface area contributed by atoms with Crippen molar-refractivity contribution in [3.05, 3.63) is 107 Å². The second-order valence-corrected chi connectivity index (χ2v) is 6.01. The van der Waals surface area contributed by atoms with E-state index in [-0.39, 0.29) is 35.0 Å². The molecule has 1 aliphatic rings. The quantitative estimate of drug-likeness (QED) is 0.501. The predicted molar refractivity (Wildman–Crippen MR) is 91.0 cm³/mol. The number of hydrogen-bond donors (Lipinski definition) is 0. The Labute approximate surface area is 140 Å². The van der Waals surface area contributed by atoms with Crippen LogP contribution in [0, 0.1) is 0 Å². The highest BCUT2D eigenvalue weighted by Crippen LogP contribution is 2.48. The molecule has 1 heteroatoms. The number of benzene rings is 3. The zero-order chi connectivity index (χ0) is 18.6. The summed E-state index contributed by atoms with van der Waals surface area (Å²) in [4.78, 5) is 0.0101. The molecule has 0 saturated heterocycles. The molecule has 0 unspecified atom stereocenters. The molecule has 1 aliphatic carbocycles. The average molecular weight is 340 g/mol. The van der Waals surface area contributed by atoms with Crippen LogP contribution >= 0.6 is 15.9 Å².